The molecule has 7 heteroatoms. The molecule has 0 aromatic carbocycles. The lowest BCUT2D eigenvalue weighted by Crippen LogP contribution is -2.50. The molecule has 4 rings (SSSR count). The van der Waals surface area contributed by atoms with Gasteiger partial charge in [0.05, 0.1) is 24.9 Å². The van der Waals surface area contributed by atoms with E-state index in [1.54, 1.807) is 4.68 Å². The normalized spacial score (nSPS) is 23.1. The van der Waals surface area contributed by atoms with Crippen LogP contribution in [0.25, 0.3) is 0 Å². The molecule has 1 fully saturated rings. The standard InChI is InChI=1S/C19H27N5O2/c1-19(14-11-21-22(2)12-14)13-23(7-8-26-19)18(25)16-9-15(10-20)24-6-4-3-5-17(16)24/h9,11-12H,3-8,10,13,20H2,1-2H3. The van der Waals surface area contributed by atoms with Crippen LogP contribution in [0.3, 0.4) is 0 Å². The molecule has 2 aromatic rings. The Morgan fingerprint density at radius 1 is 1.38 bits per heavy atom. The highest BCUT2D eigenvalue weighted by Crippen LogP contribution is 2.31. The minimum Gasteiger partial charge on any atom is -0.367 e. The number of carbonyl (C=O) groups is 1. The molecular weight excluding hydrogens is 330 g/mol. The average Bonchev–Trinajstić information content (AvgIpc) is 3.25. The Morgan fingerprint density at radius 2 is 2.23 bits per heavy atom. The Hall–Kier alpha value is -2.12. The maximum Gasteiger partial charge on any atom is 0.255 e. The van der Waals surface area contributed by atoms with Crippen LogP contribution in [-0.2, 0) is 36.9 Å². The molecule has 7 nitrogen and oxygen atoms in total. The van der Waals surface area contributed by atoms with Gasteiger partial charge in [-0.2, -0.15) is 5.10 Å². The zero-order chi connectivity index (χ0) is 18.3. The first-order valence-corrected chi connectivity index (χ1v) is 9.35. The van der Waals surface area contributed by atoms with Crippen molar-refractivity contribution < 1.29 is 9.53 Å². The van der Waals surface area contributed by atoms with E-state index in [0.717, 1.165) is 48.3 Å². The van der Waals surface area contributed by atoms with E-state index < -0.39 is 5.60 Å². The predicted molar refractivity (Wildman–Crippen MR) is 97.7 cm³/mol. The quantitative estimate of drug-likeness (QED) is 0.901. The lowest BCUT2D eigenvalue weighted by Gasteiger charge is -2.40. The van der Waals surface area contributed by atoms with Crippen molar-refractivity contribution >= 4 is 5.91 Å². The molecule has 2 aliphatic rings. The van der Waals surface area contributed by atoms with Crippen molar-refractivity contribution in [1.29, 1.82) is 0 Å². The summed E-state index contributed by atoms with van der Waals surface area (Å²) < 4.78 is 10.1. The average molecular weight is 357 g/mol. The number of hydrogen-bond acceptors (Lipinski definition) is 4. The Balaban J connectivity index is 1.61. The highest BCUT2D eigenvalue weighted by Gasteiger charge is 2.38. The zero-order valence-corrected chi connectivity index (χ0v) is 15.6. The molecule has 140 valence electrons. The van der Waals surface area contributed by atoms with Crippen LogP contribution in [0, 0.1) is 0 Å². The summed E-state index contributed by atoms with van der Waals surface area (Å²) in [4.78, 5) is 15.2. The molecule has 26 heavy (non-hydrogen) atoms. The number of morpholine rings is 1. The fourth-order valence-corrected chi connectivity index (χ4v) is 4.19. The number of amides is 1. The van der Waals surface area contributed by atoms with Gasteiger partial charge in [-0.1, -0.05) is 0 Å². The molecule has 2 aromatic heterocycles. The minimum atomic E-state index is -0.529. The van der Waals surface area contributed by atoms with Gasteiger partial charge in [0.15, 0.2) is 0 Å². The van der Waals surface area contributed by atoms with E-state index in [0.29, 0.717) is 26.2 Å². The van der Waals surface area contributed by atoms with Gasteiger partial charge >= 0.3 is 0 Å². The molecule has 0 spiro atoms. The van der Waals surface area contributed by atoms with Crippen LogP contribution in [0.5, 0.6) is 0 Å². The van der Waals surface area contributed by atoms with Crippen molar-refractivity contribution in [3.63, 3.8) is 0 Å². The fourth-order valence-electron chi connectivity index (χ4n) is 4.19. The molecule has 1 atom stereocenters. The highest BCUT2D eigenvalue weighted by atomic mass is 16.5. The van der Waals surface area contributed by atoms with Crippen LogP contribution in [0.15, 0.2) is 18.5 Å². The SMILES string of the molecule is Cn1cc(C2(C)CN(C(=O)c3cc(CN)n4c3CCCC4)CCO2)cn1. The Kier molecular flexibility index (Phi) is 4.36. The monoisotopic (exact) mass is 357 g/mol. The van der Waals surface area contributed by atoms with Crippen LogP contribution in [0.2, 0.25) is 0 Å². The van der Waals surface area contributed by atoms with Gasteiger partial charge < -0.3 is 19.9 Å². The predicted octanol–water partition coefficient (Wildman–Crippen LogP) is 1.40. The Labute approximate surface area is 153 Å². The van der Waals surface area contributed by atoms with Gasteiger partial charge in [0.25, 0.3) is 5.91 Å². The number of carbonyl (C=O) groups excluding carboxylic acids is 1. The van der Waals surface area contributed by atoms with Gasteiger partial charge in [-0.3, -0.25) is 9.48 Å². The number of rotatable bonds is 3. The van der Waals surface area contributed by atoms with Crippen molar-refractivity contribution in [1.82, 2.24) is 19.2 Å². The van der Waals surface area contributed by atoms with Gasteiger partial charge in [0.1, 0.15) is 5.60 Å². The van der Waals surface area contributed by atoms with Crippen LogP contribution in [0.1, 0.15) is 47.1 Å². The van der Waals surface area contributed by atoms with Crippen LogP contribution in [0.4, 0.5) is 0 Å². The first-order chi connectivity index (χ1) is 12.5. The van der Waals surface area contributed by atoms with E-state index in [1.807, 2.05) is 37.3 Å². The van der Waals surface area contributed by atoms with Crippen LogP contribution in [-0.4, -0.2) is 44.9 Å². The zero-order valence-electron chi connectivity index (χ0n) is 15.6. The summed E-state index contributed by atoms with van der Waals surface area (Å²) in [6.07, 6.45) is 7.01. The van der Waals surface area contributed by atoms with E-state index >= 15 is 0 Å². The lowest BCUT2D eigenvalue weighted by molar-refractivity contribution is -0.0931. The van der Waals surface area contributed by atoms with E-state index in [2.05, 4.69) is 9.67 Å². The topological polar surface area (TPSA) is 78.3 Å². The van der Waals surface area contributed by atoms with Crippen molar-refractivity contribution in [3.05, 3.63) is 41.0 Å². The molecule has 0 radical (unpaired) electrons. The minimum absolute atomic E-state index is 0.0914. The maximum absolute atomic E-state index is 13.3. The van der Waals surface area contributed by atoms with Crippen LogP contribution >= 0.6 is 0 Å². The van der Waals surface area contributed by atoms with Crippen LogP contribution < -0.4 is 5.73 Å². The molecule has 1 unspecified atom stereocenters. The maximum atomic E-state index is 13.3. The molecule has 2 aliphatic heterocycles. The molecule has 2 N–H and O–H groups in total. The number of fused-ring (bicyclic) bond motifs is 1. The third kappa shape index (κ3) is 2.85. The van der Waals surface area contributed by atoms with E-state index in [1.165, 1.54) is 0 Å². The van der Waals surface area contributed by atoms with Crippen molar-refractivity contribution in [2.45, 2.75) is 44.9 Å². The number of nitrogens with two attached hydrogens (primary N) is 1. The first kappa shape index (κ1) is 17.3. The van der Waals surface area contributed by atoms with Crippen molar-refractivity contribution in [2.24, 2.45) is 12.8 Å². The third-order valence-electron chi connectivity index (χ3n) is 5.66. The molecule has 1 saturated heterocycles. The van der Waals surface area contributed by atoms with Gasteiger partial charge in [0, 0.05) is 49.8 Å². The highest BCUT2D eigenvalue weighted by molar-refractivity contribution is 5.96. The molecule has 0 bridgehead atoms. The van der Waals surface area contributed by atoms with E-state index in [9.17, 15) is 4.79 Å². The van der Waals surface area contributed by atoms with Crippen molar-refractivity contribution in [3.8, 4) is 0 Å². The summed E-state index contributed by atoms with van der Waals surface area (Å²) in [5.41, 5.74) is 9.41. The van der Waals surface area contributed by atoms with Gasteiger partial charge in [-0.15, -0.1) is 0 Å². The second-order valence-electron chi connectivity index (χ2n) is 7.52. The summed E-state index contributed by atoms with van der Waals surface area (Å²) in [6, 6.07) is 2.00. The largest absolute Gasteiger partial charge is 0.367 e. The third-order valence-corrected chi connectivity index (χ3v) is 5.66. The Bertz CT molecular complexity index is 824. The molecule has 0 saturated carbocycles. The summed E-state index contributed by atoms with van der Waals surface area (Å²) in [6.45, 7) is 5.13. The van der Waals surface area contributed by atoms with Gasteiger partial charge in [-0.25, -0.2) is 0 Å². The number of aryl methyl sites for hydroxylation is 1. The van der Waals surface area contributed by atoms with E-state index in [-0.39, 0.29) is 5.91 Å². The smallest absolute Gasteiger partial charge is 0.255 e. The second-order valence-corrected chi connectivity index (χ2v) is 7.52. The molecule has 0 aliphatic carbocycles. The number of hydrogen-bond donors (Lipinski definition) is 1. The summed E-state index contributed by atoms with van der Waals surface area (Å²) in [7, 11) is 1.89. The lowest BCUT2D eigenvalue weighted by atomic mass is 9.96. The number of nitrogens with zero attached hydrogens (tertiary/aromatic N) is 4. The molecule has 1 amide bonds. The molecule has 4 heterocycles. The van der Waals surface area contributed by atoms with Gasteiger partial charge in [-0.05, 0) is 32.3 Å². The number of ether oxygens (including phenoxy) is 1. The van der Waals surface area contributed by atoms with Crippen molar-refractivity contribution in [2.75, 3.05) is 19.7 Å². The summed E-state index contributed by atoms with van der Waals surface area (Å²) in [5.74, 6) is 0.0914. The van der Waals surface area contributed by atoms with E-state index in [4.69, 9.17) is 10.5 Å². The summed E-state index contributed by atoms with van der Waals surface area (Å²) in [5, 5.41) is 4.25. The van der Waals surface area contributed by atoms with Gasteiger partial charge in [0.2, 0.25) is 0 Å². The Morgan fingerprint density at radius 3 is 2.96 bits per heavy atom. The second kappa shape index (κ2) is 6.55. The fraction of sp³-hybridized carbons (Fsp3) is 0.579. The summed E-state index contributed by atoms with van der Waals surface area (Å²) >= 11 is 0. The molecular formula is C19H27N5O2. The number of aromatic nitrogens is 3. The first-order valence-electron chi connectivity index (χ1n) is 9.35.